The van der Waals surface area contributed by atoms with Crippen molar-refractivity contribution in [1.82, 2.24) is 4.90 Å². The predicted molar refractivity (Wildman–Crippen MR) is 62.0 cm³/mol. The van der Waals surface area contributed by atoms with E-state index < -0.39 is 0 Å². The molecule has 0 radical (unpaired) electrons. The van der Waals surface area contributed by atoms with Crippen LogP contribution in [-0.2, 0) is 9.57 Å². The zero-order chi connectivity index (χ0) is 9.26. The van der Waals surface area contributed by atoms with Gasteiger partial charge in [0.05, 0.1) is 5.92 Å². The molecule has 0 amide bonds. The summed E-state index contributed by atoms with van der Waals surface area (Å²) in [4.78, 5) is 7.29. The SMILES string of the molecule is [CH2-]C1CON=C(C2CCN(C)C2)O1.[CH3-].[CH3-].[Li+]. The number of hydrogen-bond acceptors (Lipinski definition) is 4. The molecule has 0 aromatic rings. The Balaban J connectivity index is 0. The van der Waals surface area contributed by atoms with Crippen molar-refractivity contribution in [3.63, 3.8) is 0 Å². The predicted octanol–water partition coefficient (Wildman–Crippen LogP) is -1.59. The van der Waals surface area contributed by atoms with Gasteiger partial charge in [0.2, 0.25) is 5.90 Å². The van der Waals surface area contributed by atoms with Gasteiger partial charge in [-0.3, -0.25) is 6.92 Å². The summed E-state index contributed by atoms with van der Waals surface area (Å²) in [5.74, 6) is 1.13. The Morgan fingerprint density at radius 1 is 1.44 bits per heavy atom. The van der Waals surface area contributed by atoms with Crippen LogP contribution in [0.1, 0.15) is 6.42 Å². The summed E-state index contributed by atoms with van der Waals surface area (Å²) >= 11 is 0. The van der Waals surface area contributed by atoms with E-state index in [1.165, 1.54) is 0 Å². The van der Waals surface area contributed by atoms with Crippen LogP contribution in [0, 0.1) is 27.7 Å². The van der Waals surface area contributed by atoms with Gasteiger partial charge < -0.3 is 29.3 Å². The van der Waals surface area contributed by atoms with E-state index in [1.807, 2.05) is 0 Å². The van der Waals surface area contributed by atoms with Gasteiger partial charge in [-0.15, -0.1) is 0 Å². The van der Waals surface area contributed by atoms with Crippen molar-refractivity contribution in [2.24, 2.45) is 11.1 Å². The Labute approximate surface area is 112 Å². The fourth-order valence-corrected chi connectivity index (χ4v) is 1.72. The molecule has 2 aliphatic rings. The number of hydrogen-bond donors (Lipinski definition) is 0. The molecule has 2 atom stereocenters. The van der Waals surface area contributed by atoms with Crippen molar-refractivity contribution < 1.29 is 28.4 Å². The number of nitrogens with zero attached hydrogens (tertiary/aromatic N) is 2. The Morgan fingerprint density at radius 2 is 2.12 bits per heavy atom. The first kappa shape index (κ1) is 18.2. The molecule has 2 rings (SSSR count). The summed E-state index contributed by atoms with van der Waals surface area (Å²) in [6, 6.07) is 0. The molecule has 2 unspecified atom stereocenters. The molecule has 0 bridgehead atoms. The summed E-state index contributed by atoms with van der Waals surface area (Å²) < 4.78 is 5.51. The summed E-state index contributed by atoms with van der Waals surface area (Å²) in [7, 11) is 2.10. The van der Waals surface area contributed by atoms with E-state index in [-0.39, 0.29) is 39.8 Å². The minimum absolute atomic E-state index is 0. The zero-order valence-corrected chi connectivity index (χ0v) is 10.9. The van der Waals surface area contributed by atoms with Crippen molar-refractivity contribution in [3.8, 4) is 0 Å². The fourth-order valence-electron chi connectivity index (χ4n) is 1.72. The van der Waals surface area contributed by atoms with Gasteiger partial charge in [-0.05, 0) is 20.0 Å². The number of oxime groups is 1. The molecule has 1 saturated heterocycles. The standard InChI is InChI=1S/C9H15N2O2.2CH3.Li/c1-7-6-12-10-9(13-7)8-3-4-11(2)5-8;;;/h7-8H,1,3-6H2,2H3;2*1H3;/q3*-1;+1. The maximum absolute atomic E-state index is 5.51. The first-order valence-electron chi connectivity index (χ1n) is 4.64. The summed E-state index contributed by atoms with van der Waals surface area (Å²) in [6.07, 6.45) is 1.00. The summed E-state index contributed by atoms with van der Waals surface area (Å²) in [5.41, 5.74) is 0. The molecule has 0 aromatic carbocycles. The third-order valence-corrected chi connectivity index (χ3v) is 2.44. The van der Waals surface area contributed by atoms with Gasteiger partial charge in [-0.1, -0.05) is 5.16 Å². The molecule has 0 spiro atoms. The van der Waals surface area contributed by atoms with E-state index in [2.05, 4.69) is 24.0 Å². The molecule has 2 heterocycles. The first-order chi connectivity index (χ1) is 6.25. The van der Waals surface area contributed by atoms with Crippen molar-refractivity contribution in [3.05, 3.63) is 21.8 Å². The van der Waals surface area contributed by atoms with Crippen LogP contribution >= 0.6 is 0 Å². The molecule has 90 valence electrons. The van der Waals surface area contributed by atoms with Crippen LogP contribution in [0.5, 0.6) is 0 Å². The molecule has 0 aromatic heterocycles. The first-order valence-corrected chi connectivity index (χ1v) is 4.64. The maximum Gasteiger partial charge on any atom is 1.00 e. The molecule has 5 heteroatoms. The van der Waals surface area contributed by atoms with Gasteiger partial charge in [0.15, 0.2) is 0 Å². The smallest absolute Gasteiger partial charge is 0.505 e. The Bertz CT molecular complexity index is 224. The molecule has 0 aliphatic carbocycles. The van der Waals surface area contributed by atoms with Crippen LogP contribution in [0.15, 0.2) is 5.16 Å². The van der Waals surface area contributed by atoms with Gasteiger partial charge in [0, 0.05) is 12.6 Å². The second-order valence-corrected chi connectivity index (χ2v) is 3.71. The second kappa shape index (κ2) is 8.00. The zero-order valence-electron chi connectivity index (χ0n) is 10.9. The molecular weight excluding hydrogens is 199 g/mol. The number of rotatable bonds is 1. The third kappa shape index (κ3) is 4.37. The molecule has 0 saturated carbocycles. The monoisotopic (exact) mass is 220 g/mol. The van der Waals surface area contributed by atoms with Gasteiger partial charge in [0.1, 0.15) is 6.61 Å². The Kier molecular flexibility index (Phi) is 9.10. The topological polar surface area (TPSA) is 34.1 Å². The van der Waals surface area contributed by atoms with Crippen LogP contribution in [0.4, 0.5) is 0 Å². The summed E-state index contributed by atoms with van der Waals surface area (Å²) in [6.45, 7) is 6.38. The molecular formula is C11H21LiN2O2-2. The fraction of sp³-hybridized carbons (Fsp3) is 0.636. The number of likely N-dealkylation sites (tertiary alicyclic amines) is 1. The van der Waals surface area contributed by atoms with Crippen molar-refractivity contribution in [2.75, 3.05) is 26.7 Å². The minimum Gasteiger partial charge on any atom is -0.505 e. The van der Waals surface area contributed by atoms with Gasteiger partial charge in [0.25, 0.3) is 0 Å². The van der Waals surface area contributed by atoms with Gasteiger partial charge in [-0.25, -0.2) is 0 Å². The normalized spacial score (nSPS) is 28.5. The number of ether oxygens (including phenoxy) is 1. The van der Waals surface area contributed by atoms with Crippen LogP contribution in [0.3, 0.4) is 0 Å². The van der Waals surface area contributed by atoms with E-state index in [0.717, 1.165) is 25.4 Å². The van der Waals surface area contributed by atoms with E-state index in [1.54, 1.807) is 0 Å². The van der Waals surface area contributed by atoms with E-state index in [9.17, 15) is 0 Å². The van der Waals surface area contributed by atoms with E-state index in [4.69, 9.17) is 9.57 Å². The average molecular weight is 220 g/mol. The molecule has 16 heavy (non-hydrogen) atoms. The van der Waals surface area contributed by atoms with Gasteiger partial charge in [-0.2, -0.15) is 0 Å². The van der Waals surface area contributed by atoms with Crippen LogP contribution in [0.25, 0.3) is 0 Å². The minimum atomic E-state index is -0.0987. The van der Waals surface area contributed by atoms with Crippen molar-refractivity contribution >= 4 is 5.90 Å². The van der Waals surface area contributed by atoms with E-state index >= 15 is 0 Å². The Morgan fingerprint density at radius 3 is 2.62 bits per heavy atom. The summed E-state index contributed by atoms with van der Waals surface area (Å²) in [5, 5.41) is 3.92. The van der Waals surface area contributed by atoms with E-state index in [0.29, 0.717) is 12.5 Å². The van der Waals surface area contributed by atoms with Crippen molar-refractivity contribution in [2.45, 2.75) is 12.5 Å². The maximum atomic E-state index is 5.51. The van der Waals surface area contributed by atoms with Crippen molar-refractivity contribution in [1.29, 1.82) is 0 Å². The van der Waals surface area contributed by atoms with Crippen LogP contribution in [-0.4, -0.2) is 43.6 Å². The van der Waals surface area contributed by atoms with Gasteiger partial charge >= 0.3 is 18.9 Å². The molecule has 2 aliphatic heterocycles. The third-order valence-electron chi connectivity index (χ3n) is 2.44. The second-order valence-electron chi connectivity index (χ2n) is 3.71. The molecule has 4 nitrogen and oxygen atoms in total. The van der Waals surface area contributed by atoms with Crippen LogP contribution < -0.4 is 18.9 Å². The average Bonchev–Trinajstić information content (AvgIpc) is 2.52. The Hall–Kier alpha value is -0.173. The largest absolute Gasteiger partial charge is 1.00 e. The quantitative estimate of drug-likeness (QED) is 0.394. The van der Waals surface area contributed by atoms with Crippen LogP contribution in [0.2, 0.25) is 0 Å². The molecule has 0 N–H and O–H groups in total. The molecule has 1 fully saturated rings.